The fourth-order valence-corrected chi connectivity index (χ4v) is 3.50. The van der Waals surface area contributed by atoms with Crippen LogP contribution < -0.4 is 0 Å². The summed E-state index contributed by atoms with van der Waals surface area (Å²) in [7, 11) is 0. The van der Waals surface area contributed by atoms with Crippen molar-refractivity contribution >= 4 is 0 Å². The molecule has 1 aromatic carbocycles. The molecule has 0 saturated carbocycles. The first-order valence-corrected chi connectivity index (χ1v) is 8.65. The zero-order valence-electron chi connectivity index (χ0n) is 14.6. The molecule has 3 aromatic rings. The molecule has 0 N–H and O–H groups in total. The fraction of sp³-hybridized carbons (Fsp3) is 0.471. The third-order valence-corrected chi connectivity index (χ3v) is 4.72. The molecular weight excluding hydrogens is 316 g/mol. The Balaban J connectivity index is 1.51. The first-order valence-electron chi connectivity index (χ1n) is 8.65. The molecule has 0 spiro atoms. The van der Waals surface area contributed by atoms with E-state index in [4.69, 9.17) is 0 Å². The van der Waals surface area contributed by atoms with Crippen molar-refractivity contribution in [2.24, 2.45) is 0 Å². The van der Waals surface area contributed by atoms with Crippen LogP contribution in [-0.2, 0) is 13.1 Å². The molecule has 1 fully saturated rings. The van der Waals surface area contributed by atoms with Gasteiger partial charge in [-0.15, -0.1) is 5.10 Å². The molecule has 2 aromatic heterocycles. The largest absolute Gasteiger partial charge is 0.291 e. The van der Waals surface area contributed by atoms with Crippen molar-refractivity contribution in [1.29, 1.82) is 0 Å². The van der Waals surface area contributed by atoms with Gasteiger partial charge in [0.1, 0.15) is 11.6 Å². The SMILES string of the molecule is Cc1nc(C)n(C[C@@H]2CCCN2Cc2nnnn2-c2ccccc2)n1. The van der Waals surface area contributed by atoms with Gasteiger partial charge in [0.2, 0.25) is 0 Å². The highest BCUT2D eigenvalue weighted by Gasteiger charge is 2.27. The molecule has 0 bridgehead atoms. The molecule has 1 saturated heterocycles. The van der Waals surface area contributed by atoms with Gasteiger partial charge in [0.15, 0.2) is 5.82 Å². The zero-order chi connectivity index (χ0) is 17.2. The molecule has 0 unspecified atom stereocenters. The van der Waals surface area contributed by atoms with E-state index in [9.17, 15) is 0 Å². The van der Waals surface area contributed by atoms with Crippen LogP contribution in [0.25, 0.3) is 5.69 Å². The van der Waals surface area contributed by atoms with Gasteiger partial charge in [0.25, 0.3) is 0 Å². The first kappa shape index (κ1) is 15.9. The highest BCUT2D eigenvalue weighted by molar-refractivity contribution is 5.30. The number of nitrogens with zero attached hydrogens (tertiary/aromatic N) is 8. The predicted octanol–water partition coefficient (Wildman–Crippen LogP) is 1.54. The van der Waals surface area contributed by atoms with Gasteiger partial charge >= 0.3 is 0 Å². The van der Waals surface area contributed by atoms with Crippen LogP contribution in [0.1, 0.15) is 30.3 Å². The van der Waals surface area contributed by atoms with Gasteiger partial charge < -0.3 is 0 Å². The summed E-state index contributed by atoms with van der Waals surface area (Å²) in [5, 5.41) is 16.8. The highest BCUT2D eigenvalue weighted by Crippen LogP contribution is 2.21. The Bertz CT molecular complexity index is 837. The van der Waals surface area contributed by atoms with Crippen LogP contribution in [-0.4, -0.2) is 52.5 Å². The monoisotopic (exact) mass is 338 g/mol. The van der Waals surface area contributed by atoms with Gasteiger partial charge in [-0.1, -0.05) is 18.2 Å². The lowest BCUT2D eigenvalue weighted by atomic mass is 10.2. The molecule has 0 amide bonds. The van der Waals surface area contributed by atoms with E-state index < -0.39 is 0 Å². The summed E-state index contributed by atoms with van der Waals surface area (Å²) in [5.41, 5.74) is 0.987. The number of hydrogen-bond donors (Lipinski definition) is 0. The molecule has 1 aliphatic rings. The minimum absolute atomic E-state index is 0.431. The summed E-state index contributed by atoms with van der Waals surface area (Å²) in [6.07, 6.45) is 2.34. The second-order valence-electron chi connectivity index (χ2n) is 6.50. The fourth-order valence-electron chi connectivity index (χ4n) is 3.50. The van der Waals surface area contributed by atoms with Gasteiger partial charge in [-0.05, 0) is 55.8 Å². The maximum absolute atomic E-state index is 4.50. The Hall–Kier alpha value is -2.61. The van der Waals surface area contributed by atoms with E-state index in [-0.39, 0.29) is 0 Å². The second-order valence-corrected chi connectivity index (χ2v) is 6.50. The molecule has 3 heterocycles. The van der Waals surface area contributed by atoms with Crippen molar-refractivity contribution in [2.45, 2.75) is 45.8 Å². The molecular formula is C17H22N8. The van der Waals surface area contributed by atoms with Crippen molar-refractivity contribution in [3.63, 3.8) is 0 Å². The number of likely N-dealkylation sites (tertiary alicyclic amines) is 1. The smallest absolute Gasteiger partial charge is 0.170 e. The van der Waals surface area contributed by atoms with Gasteiger partial charge in [0.05, 0.1) is 18.8 Å². The quantitative estimate of drug-likeness (QED) is 0.702. The van der Waals surface area contributed by atoms with Crippen LogP contribution in [0.3, 0.4) is 0 Å². The molecule has 8 heteroatoms. The maximum Gasteiger partial charge on any atom is 0.170 e. The van der Waals surface area contributed by atoms with Crippen LogP contribution >= 0.6 is 0 Å². The number of aromatic nitrogens is 7. The third kappa shape index (κ3) is 3.30. The minimum atomic E-state index is 0.431. The lowest BCUT2D eigenvalue weighted by molar-refractivity contribution is 0.211. The molecule has 0 aliphatic carbocycles. The summed E-state index contributed by atoms with van der Waals surface area (Å²) in [6, 6.07) is 10.4. The molecule has 0 radical (unpaired) electrons. The lowest BCUT2D eigenvalue weighted by Gasteiger charge is -2.24. The van der Waals surface area contributed by atoms with E-state index in [2.05, 4.69) is 30.5 Å². The van der Waals surface area contributed by atoms with Crippen LogP contribution in [0.4, 0.5) is 0 Å². The summed E-state index contributed by atoms with van der Waals surface area (Å²) in [4.78, 5) is 6.85. The molecule has 4 rings (SSSR count). The Kier molecular flexibility index (Phi) is 4.27. The Morgan fingerprint density at radius 3 is 2.76 bits per heavy atom. The summed E-state index contributed by atoms with van der Waals surface area (Å²) in [5.74, 6) is 2.66. The van der Waals surface area contributed by atoms with E-state index in [0.29, 0.717) is 6.04 Å². The van der Waals surface area contributed by atoms with E-state index in [0.717, 1.165) is 49.2 Å². The molecule has 1 aliphatic heterocycles. The normalized spacial score (nSPS) is 18.1. The van der Waals surface area contributed by atoms with Gasteiger partial charge in [-0.25, -0.2) is 9.67 Å². The van der Waals surface area contributed by atoms with Crippen molar-refractivity contribution < 1.29 is 0 Å². The van der Waals surface area contributed by atoms with Gasteiger partial charge in [-0.3, -0.25) is 4.90 Å². The van der Waals surface area contributed by atoms with Crippen molar-refractivity contribution in [2.75, 3.05) is 6.54 Å². The minimum Gasteiger partial charge on any atom is -0.291 e. The number of tetrazole rings is 1. The molecule has 25 heavy (non-hydrogen) atoms. The Morgan fingerprint density at radius 1 is 1.16 bits per heavy atom. The number of aryl methyl sites for hydroxylation is 2. The standard InChI is InChI=1S/C17H22N8/c1-13-18-14(2)24(20-13)11-16-9-6-10-23(16)12-17-19-21-22-25(17)15-7-4-3-5-8-15/h3-5,7-8,16H,6,9-12H2,1-2H3/t16-/m0/s1. The number of para-hydroxylation sites is 1. The van der Waals surface area contributed by atoms with Crippen LogP contribution in [0.15, 0.2) is 30.3 Å². The number of rotatable bonds is 5. The number of benzene rings is 1. The maximum atomic E-state index is 4.50. The average molecular weight is 338 g/mol. The van der Waals surface area contributed by atoms with Gasteiger partial charge in [0, 0.05) is 6.04 Å². The lowest BCUT2D eigenvalue weighted by Crippen LogP contribution is -2.34. The second kappa shape index (κ2) is 6.72. The topological polar surface area (TPSA) is 77.5 Å². The summed E-state index contributed by atoms with van der Waals surface area (Å²) in [6.45, 7) is 6.59. The van der Waals surface area contributed by atoms with E-state index in [1.807, 2.05) is 53.5 Å². The van der Waals surface area contributed by atoms with Crippen LogP contribution in [0, 0.1) is 13.8 Å². The Labute approximate surface area is 146 Å². The van der Waals surface area contributed by atoms with E-state index in [1.54, 1.807) is 0 Å². The zero-order valence-corrected chi connectivity index (χ0v) is 14.6. The van der Waals surface area contributed by atoms with Crippen molar-refractivity contribution in [1.82, 2.24) is 39.9 Å². The van der Waals surface area contributed by atoms with E-state index in [1.165, 1.54) is 6.42 Å². The van der Waals surface area contributed by atoms with Crippen LogP contribution in [0.5, 0.6) is 0 Å². The van der Waals surface area contributed by atoms with Gasteiger partial charge in [-0.2, -0.15) is 9.78 Å². The molecule has 1 atom stereocenters. The molecule has 130 valence electrons. The van der Waals surface area contributed by atoms with Crippen LogP contribution in [0.2, 0.25) is 0 Å². The highest BCUT2D eigenvalue weighted by atomic mass is 15.5. The third-order valence-electron chi connectivity index (χ3n) is 4.72. The summed E-state index contributed by atoms with van der Waals surface area (Å²) < 4.78 is 3.83. The molecule has 8 nitrogen and oxygen atoms in total. The Morgan fingerprint density at radius 2 is 2.00 bits per heavy atom. The van der Waals surface area contributed by atoms with Crippen molar-refractivity contribution in [3.05, 3.63) is 47.8 Å². The first-order chi connectivity index (χ1) is 12.2. The predicted molar refractivity (Wildman–Crippen MR) is 92.1 cm³/mol. The number of hydrogen-bond acceptors (Lipinski definition) is 6. The van der Waals surface area contributed by atoms with E-state index >= 15 is 0 Å². The van der Waals surface area contributed by atoms with Crippen molar-refractivity contribution in [3.8, 4) is 5.69 Å². The summed E-state index contributed by atoms with van der Waals surface area (Å²) >= 11 is 0. The average Bonchev–Trinajstić information content (AvgIpc) is 3.31.